The van der Waals surface area contributed by atoms with Crippen molar-refractivity contribution >= 4 is 44.3 Å². The molecular weight excluding hydrogens is 494 g/mol. The lowest BCUT2D eigenvalue weighted by atomic mass is 9.97. The van der Waals surface area contributed by atoms with Crippen LogP contribution in [-0.2, 0) is 0 Å². The van der Waals surface area contributed by atoms with Crippen molar-refractivity contribution in [3.63, 3.8) is 0 Å². The van der Waals surface area contributed by atoms with E-state index in [0.717, 1.165) is 17.0 Å². The molecule has 0 aliphatic carbocycles. The van der Waals surface area contributed by atoms with Gasteiger partial charge >= 0.3 is 0 Å². The Labute approximate surface area is 216 Å². The number of anilines is 1. The molecule has 2 aromatic carbocycles. The second-order valence-corrected chi connectivity index (χ2v) is 9.31. The van der Waals surface area contributed by atoms with Gasteiger partial charge in [-0.3, -0.25) is 15.1 Å². The molecular formula is C27H18ClN5O2S. The summed E-state index contributed by atoms with van der Waals surface area (Å²) in [5, 5.41) is 13.3. The fourth-order valence-electron chi connectivity index (χ4n) is 3.77. The fraction of sp³-hybridized carbons (Fsp3) is 0.0741. The summed E-state index contributed by atoms with van der Waals surface area (Å²) in [6.45, 7) is 1.84. The number of benzene rings is 2. The van der Waals surface area contributed by atoms with Crippen molar-refractivity contribution in [3.05, 3.63) is 88.7 Å². The summed E-state index contributed by atoms with van der Waals surface area (Å²) in [5.41, 5.74) is 5.16. The lowest BCUT2D eigenvalue weighted by molar-refractivity contribution is 0.102. The number of fused-ring (bicyclic) bond motifs is 1. The molecule has 0 unspecified atom stereocenters. The van der Waals surface area contributed by atoms with E-state index in [2.05, 4.69) is 21.4 Å². The number of aromatic nitrogens is 3. The van der Waals surface area contributed by atoms with Crippen molar-refractivity contribution in [1.82, 2.24) is 15.0 Å². The molecule has 5 aromatic rings. The summed E-state index contributed by atoms with van der Waals surface area (Å²) in [4.78, 5) is 27.6. The maximum Gasteiger partial charge on any atom is 0.259 e. The van der Waals surface area contributed by atoms with Gasteiger partial charge in [-0.25, -0.2) is 9.97 Å². The molecule has 9 heteroatoms. The molecule has 0 bridgehead atoms. The van der Waals surface area contributed by atoms with Gasteiger partial charge in [0, 0.05) is 33.6 Å². The van der Waals surface area contributed by atoms with E-state index in [-0.39, 0.29) is 5.91 Å². The Kier molecular flexibility index (Phi) is 6.34. The minimum absolute atomic E-state index is 0.336. The quantitative estimate of drug-likeness (QED) is 0.288. The zero-order chi connectivity index (χ0) is 25.2. The summed E-state index contributed by atoms with van der Waals surface area (Å²) in [5.74, 6) is 0.173. The molecule has 5 rings (SSSR count). The first-order chi connectivity index (χ1) is 17.4. The monoisotopic (exact) mass is 511 g/mol. The predicted octanol–water partition coefficient (Wildman–Crippen LogP) is 6.51. The van der Waals surface area contributed by atoms with E-state index in [1.54, 1.807) is 31.4 Å². The first-order valence-electron chi connectivity index (χ1n) is 10.8. The third-order valence-corrected chi connectivity index (χ3v) is 6.65. The highest BCUT2D eigenvalue weighted by Crippen LogP contribution is 2.34. The Morgan fingerprint density at radius 3 is 2.61 bits per heavy atom. The number of methoxy groups -OCH3 is 1. The Balaban J connectivity index is 1.49. The van der Waals surface area contributed by atoms with Crippen LogP contribution < -0.4 is 10.1 Å². The lowest BCUT2D eigenvalue weighted by Gasteiger charge is -2.13. The summed E-state index contributed by atoms with van der Waals surface area (Å²) in [6, 6.07) is 20.2. The third kappa shape index (κ3) is 4.62. The second-order valence-electron chi connectivity index (χ2n) is 7.90. The van der Waals surface area contributed by atoms with Crippen LogP contribution in [0, 0.1) is 18.3 Å². The van der Waals surface area contributed by atoms with E-state index in [1.165, 1.54) is 17.5 Å². The molecule has 1 amide bonds. The van der Waals surface area contributed by atoms with E-state index in [9.17, 15) is 10.1 Å². The molecule has 0 atom stereocenters. The number of ether oxygens (including phenoxy) is 1. The first kappa shape index (κ1) is 23.4. The molecule has 36 heavy (non-hydrogen) atoms. The molecule has 0 radical (unpaired) electrons. The summed E-state index contributed by atoms with van der Waals surface area (Å²) in [7, 11) is 1.55. The number of thiazole rings is 1. The van der Waals surface area contributed by atoms with Gasteiger partial charge in [0.05, 0.1) is 30.0 Å². The zero-order valence-corrected chi connectivity index (χ0v) is 20.8. The average molecular weight is 512 g/mol. The maximum absolute atomic E-state index is 13.3. The van der Waals surface area contributed by atoms with Crippen LogP contribution in [0.3, 0.4) is 0 Å². The number of hydrogen-bond acceptors (Lipinski definition) is 7. The van der Waals surface area contributed by atoms with Gasteiger partial charge < -0.3 is 4.74 Å². The molecule has 0 aliphatic rings. The highest BCUT2D eigenvalue weighted by Gasteiger charge is 2.19. The van der Waals surface area contributed by atoms with Crippen molar-refractivity contribution in [1.29, 1.82) is 5.26 Å². The van der Waals surface area contributed by atoms with Gasteiger partial charge in [0.2, 0.25) is 0 Å². The normalized spacial score (nSPS) is 10.7. The number of aryl methyl sites for hydroxylation is 1. The number of hydrogen-bond donors (Lipinski definition) is 1. The highest BCUT2D eigenvalue weighted by atomic mass is 35.5. The average Bonchev–Trinajstić information content (AvgIpc) is 3.30. The topological polar surface area (TPSA) is 101 Å². The van der Waals surface area contributed by atoms with Crippen molar-refractivity contribution in [2.75, 3.05) is 12.4 Å². The standard InChI is InChI=1S/C27H18ClN5O2S/c1-15-11-19(20-12-16(13-29)3-10-24(20)35-2)21(14-30-15)25(34)33-27-32-23-9-8-22(31-26(23)36-27)17-4-6-18(28)7-5-17/h3-12,14H,1-2H3,(H,32,33,34). The number of halogens is 1. The molecule has 0 fully saturated rings. The van der Waals surface area contributed by atoms with Gasteiger partial charge in [0.1, 0.15) is 16.1 Å². The fourth-order valence-corrected chi connectivity index (χ4v) is 4.73. The van der Waals surface area contributed by atoms with E-state index in [1.807, 2.05) is 43.3 Å². The van der Waals surface area contributed by atoms with Gasteiger partial charge in [0.15, 0.2) is 5.13 Å². The van der Waals surface area contributed by atoms with Gasteiger partial charge in [-0.2, -0.15) is 5.26 Å². The SMILES string of the molecule is COc1ccc(C#N)cc1-c1cc(C)ncc1C(=O)Nc1nc2ccc(-c3ccc(Cl)cc3)nc2s1. The minimum Gasteiger partial charge on any atom is -0.496 e. The van der Waals surface area contributed by atoms with Crippen LogP contribution in [0.15, 0.2) is 66.9 Å². The Morgan fingerprint density at radius 2 is 1.86 bits per heavy atom. The summed E-state index contributed by atoms with van der Waals surface area (Å²) in [6.07, 6.45) is 1.52. The van der Waals surface area contributed by atoms with Gasteiger partial charge in [0.25, 0.3) is 5.91 Å². The molecule has 0 saturated carbocycles. The van der Waals surface area contributed by atoms with Crippen molar-refractivity contribution in [3.8, 4) is 34.2 Å². The van der Waals surface area contributed by atoms with Crippen molar-refractivity contribution < 1.29 is 9.53 Å². The number of nitrogens with zero attached hydrogens (tertiary/aromatic N) is 4. The van der Waals surface area contributed by atoms with E-state index in [0.29, 0.717) is 48.5 Å². The Bertz CT molecular complexity index is 1660. The molecule has 0 spiro atoms. The van der Waals surface area contributed by atoms with Crippen LogP contribution in [0.4, 0.5) is 5.13 Å². The zero-order valence-electron chi connectivity index (χ0n) is 19.2. The highest BCUT2D eigenvalue weighted by molar-refractivity contribution is 7.22. The number of amides is 1. The number of pyridine rings is 2. The van der Waals surface area contributed by atoms with Crippen LogP contribution >= 0.6 is 22.9 Å². The minimum atomic E-state index is -0.376. The molecule has 1 N–H and O–H groups in total. The number of carbonyl (C=O) groups excluding carboxylic acids is 1. The molecule has 7 nitrogen and oxygen atoms in total. The lowest BCUT2D eigenvalue weighted by Crippen LogP contribution is -2.14. The predicted molar refractivity (Wildman–Crippen MR) is 141 cm³/mol. The van der Waals surface area contributed by atoms with Gasteiger partial charge in [-0.05, 0) is 55.5 Å². The van der Waals surface area contributed by atoms with Crippen LogP contribution in [-0.4, -0.2) is 28.0 Å². The van der Waals surface area contributed by atoms with E-state index in [4.69, 9.17) is 21.3 Å². The van der Waals surface area contributed by atoms with E-state index < -0.39 is 0 Å². The van der Waals surface area contributed by atoms with E-state index >= 15 is 0 Å². The Hall–Kier alpha value is -4.32. The van der Waals surface area contributed by atoms with Crippen molar-refractivity contribution in [2.24, 2.45) is 0 Å². The van der Waals surface area contributed by atoms with Crippen LogP contribution in [0.2, 0.25) is 5.02 Å². The number of nitriles is 1. The molecule has 0 saturated heterocycles. The largest absolute Gasteiger partial charge is 0.496 e. The van der Waals surface area contributed by atoms with Crippen LogP contribution in [0.25, 0.3) is 32.7 Å². The maximum atomic E-state index is 13.3. The summed E-state index contributed by atoms with van der Waals surface area (Å²) >= 11 is 7.28. The van der Waals surface area contributed by atoms with Gasteiger partial charge in [-0.15, -0.1) is 0 Å². The number of rotatable bonds is 5. The summed E-state index contributed by atoms with van der Waals surface area (Å²) < 4.78 is 5.50. The van der Waals surface area contributed by atoms with Gasteiger partial charge in [-0.1, -0.05) is 35.1 Å². The third-order valence-electron chi connectivity index (χ3n) is 5.52. The molecule has 0 aliphatic heterocycles. The molecule has 176 valence electrons. The molecule has 3 heterocycles. The number of nitrogens with one attached hydrogen (secondary N) is 1. The second kappa shape index (κ2) is 9.74. The smallest absolute Gasteiger partial charge is 0.259 e. The Morgan fingerprint density at radius 1 is 1.06 bits per heavy atom. The van der Waals surface area contributed by atoms with Crippen LogP contribution in [0.1, 0.15) is 21.6 Å². The number of carbonyl (C=O) groups is 1. The molecule has 3 aromatic heterocycles. The first-order valence-corrected chi connectivity index (χ1v) is 12.0. The van der Waals surface area contributed by atoms with Crippen LogP contribution in [0.5, 0.6) is 5.75 Å². The van der Waals surface area contributed by atoms with Crippen molar-refractivity contribution in [2.45, 2.75) is 6.92 Å².